The standard InChI is InChI=1S/C19H26N4O3S/c1-11(2)23-16(25)13-9-7-8-10-14(13)20-18(23)27-12(3)15(24)21-17(26)22-19(4,5)6/h7-12H,1-6H3,(H2,21,22,24,26)/t12-/m1/s1. The fourth-order valence-corrected chi connectivity index (χ4v) is 3.50. The third-order valence-electron chi connectivity index (χ3n) is 3.67. The highest BCUT2D eigenvalue weighted by molar-refractivity contribution is 8.00. The predicted molar refractivity (Wildman–Crippen MR) is 108 cm³/mol. The van der Waals surface area contributed by atoms with Gasteiger partial charge in [-0.05, 0) is 53.7 Å². The van der Waals surface area contributed by atoms with Gasteiger partial charge in [0.25, 0.3) is 5.56 Å². The van der Waals surface area contributed by atoms with Crippen molar-refractivity contribution in [2.75, 3.05) is 0 Å². The van der Waals surface area contributed by atoms with Crippen LogP contribution in [0.25, 0.3) is 10.9 Å². The summed E-state index contributed by atoms with van der Waals surface area (Å²) in [7, 11) is 0. The number of fused-ring (bicyclic) bond motifs is 1. The van der Waals surface area contributed by atoms with E-state index in [4.69, 9.17) is 0 Å². The Bertz CT molecular complexity index is 915. The van der Waals surface area contributed by atoms with E-state index in [0.717, 1.165) is 11.8 Å². The van der Waals surface area contributed by atoms with Gasteiger partial charge in [-0.2, -0.15) is 0 Å². The molecule has 0 fully saturated rings. The highest BCUT2D eigenvalue weighted by Crippen LogP contribution is 2.24. The molecule has 0 radical (unpaired) electrons. The van der Waals surface area contributed by atoms with Gasteiger partial charge >= 0.3 is 6.03 Å². The van der Waals surface area contributed by atoms with E-state index in [1.165, 1.54) is 0 Å². The lowest BCUT2D eigenvalue weighted by Crippen LogP contribution is -2.49. The van der Waals surface area contributed by atoms with Crippen LogP contribution in [0.15, 0.2) is 34.2 Å². The first-order valence-corrected chi connectivity index (χ1v) is 9.68. The van der Waals surface area contributed by atoms with Crippen LogP contribution in [-0.2, 0) is 4.79 Å². The Kier molecular flexibility index (Phi) is 6.30. The highest BCUT2D eigenvalue weighted by atomic mass is 32.2. The van der Waals surface area contributed by atoms with E-state index >= 15 is 0 Å². The molecule has 2 rings (SSSR count). The largest absolute Gasteiger partial charge is 0.333 e. The van der Waals surface area contributed by atoms with Gasteiger partial charge in [-0.25, -0.2) is 9.78 Å². The molecule has 0 aliphatic heterocycles. The van der Waals surface area contributed by atoms with Crippen molar-refractivity contribution in [3.63, 3.8) is 0 Å². The van der Waals surface area contributed by atoms with E-state index in [1.54, 1.807) is 29.7 Å². The fraction of sp³-hybridized carbons (Fsp3) is 0.474. The van der Waals surface area contributed by atoms with Crippen LogP contribution in [0.1, 0.15) is 47.6 Å². The number of imide groups is 1. The van der Waals surface area contributed by atoms with Crippen molar-refractivity contribution in [2.45, 2.75) is 63.5 Å². The van der Waals surface area contributed by atoms with Gasteiger partial charge in [0.15, 0.2) is 5.16 Å². The number of para-hydroxylation sites is 1. The van der Waals surface area contributed by atoms with Crippen LogP contribution in [0.3, 0.4) is 0 Å². The Morgan fingerprint density at radius 3 is 2.37 bits per heavy atom. The molecule has 0 bridgehead atoms. The fourth-order valence-electron chi connectivity index (χ4n) is 2.46. The molecule has 1 aromatic carbocycles. The van der Waals surface area contributed by atoms with Gasteiger partial charge in [-0.1, -0.05) is 23.9 Å². The number of hydrogen-bond acceptors (Lipinski definition) is 5. The molecule has 0 saturated carbocycles. The quantitative estimate of drug-likeness (QED) is 0.618. The molecule has 2 N–H and O–H groups in total. The van der Waals surface area contributed by atoms with Crippen LogP contribution < -0.4 is 16.2 Å². The molecule has 0 spiro atoms. The number of nitrogens with one attached hydrogen (secondary N) is 2. The summed E-state index contributed by atoms with van der Waals surface area (Å²) in [4.78, 5) is 41.7. The molecule has 7 nitrogen and oxygen atoms in total. The second-order valence-electron chi connectivity index (χ2n) is 7.63. The predicted octanol–water partition coefficient (Wildman–Crippen LogP) is 3.08. The van der Waals surface area contributed by atoms with Crippen molar-refractivity contribution in [1.29, 1.82) is 0 Å². The zero-order chi connectivity index (χ0) is 20.4. The number of aromatic nitrogens is 2. The van der Waals surface area contributed by atoms with Gasteiger partial charge in [-0.3, -0.25) is 19.5 Å². The topological polar surface area (TPSA) is 93.1 Å². The normalized spacial score (nSPS) is 12.9. The molecule has 27 heavy (non-hydrogen) atoms. The van der Waals surface area contributed by atoms with Crippen molar-refractivity contribution in [3.8, 4) is 0 Å². The molecule has 146 valence electrons. The summed E-state index contributed by atoms with van der Waals surface area (Å²) in [6.45, 7) is 10.9. The molecular formula is C19H26N4O3S. The SMILES string of the molecule is CC(C)n1c(S[C@H](C)C(=O)NC(=O)NC(C)(C)C)nc2ccccc2c1=O. The van der Waals surface area contributed by atoms with Gasteiger partial charge in [0.2, 0.25) is 5.91 Å². The first-order valence-electron chi connectivity index (χ1n) is 8.80. The lowest BCUT2D eigenvalue weighted by molar-refractivity contribution is -0.119. The van der Waals surface area contributed by atoms with Gasteiger partial charge in [0, 0.05) is 11.6 Å². The number of amides is 3. The number of nitrogens with zero attached hydrogens (tertiary/aromatic N) is 2. The van der Waals surface area contributed by atoms with Crippen molar-refractivity contribution >= 4 is 34.6 Å². The molecular weight excluding hydrogens is 364 g/mol. The molecule has 3 amide bonds. The molecule has 0 unspecified atom stereocenters. The maximum Gasteiger partial charge on any atom is 0.321 e. The van der Waals surface area contributed by atoms with Crippen LogP contribution in [0.4, 0.5) is 4.79 Å². The van der Waals surface area contributed by atoms with Crippen molar-refractivity contribution < 1.29 is 9.59 Å². The molecule has 8 heteroatoms. The second kappa shape index (κ2) is 8.12. The van der Waals surface area contributed by atoms with E-state index in [2.05, 4.69) is 15.6 Å². The highest BCUT2D eigenvalue weighted by Gasteiger charge is 2.23. The Balaban J connectivity index is 2.27. The summed E-state index contributed by atoms with van der Waals surface area (Å²) in [5.41, 5.74) is -0.00477. The van der Waals surface area contributed by atoms with Crippen molar-refractivity contribution in [3.05, 3.63) is 34.6 Å². The first-order chi connectivity index (χ1) is 12.5. The summed E-state index contributed by atoms with van der Waals surface area (Å²) in [5, 5.41) is 5.40. The maximum absolute atomic E-state index is 12.8. The summed E-state index contributed by atoms with van der Waals surface area (Å²) < 4.78 is 1.58. The summed E-state index contributed by atoms with van der Waals surface area (Å²) in [5.74, 6) is -0.445. The van der Waals surface area contributed by atoms with Gasteiger partial charge < -0.3 is 5.32 Å². The van der Waals surface area contributed by atoms with Crippen LogP contribution in [0, 0.1) is 0 Å². The van der Waals surface area contributed by atoms with E-state index in [9.17, 15) is 14.4 Å². The van der Waals surface area contributed by atoms with Gasteiger partial charge in [0.1, 0.15) is 0 Å². The van der Waals surface area contributed by atoms with E-state index in [0.29, 0.717) is 16.1 Å². The summed E-state index contributed by atoms with van der Waals surface area (Å²) in [6, 6.07) is 6.46. The Labute approximate surface area is 162 Å². The number of rotatable bonds is 4. The minimum Gasteiger partial charge on any atom is -0.333 e. The first kappa shape index (κ1) is 21.0. The number of urea groups is 1. The molecule has 0 saturated heterocycles. The molecule has 2 aromatic rings. The van der Waals surface area contributed by atoms with Gasteiger partial charge in [0.05, 0.1) is 16.2 Å². The molecule has 0 aliphatic rings. The third-order valence-corrected chi connectivity index (χ3v) is 4.73. The van der Waals surface area contributed by atoms with E-state index in [1.807, 2.05) is 40.7 Å². The lowest BCUT2D eigenvalue weighted by atomic mass is 10.1. The third kappa shape index (κ3) is 5.32. The van der Waals surface area contributed by atoms with Crippen molar-refractivity contribution in [2.24, 2.45) is 0 Å². The smallest absolute Gasteiger partial charge is 0.321 e. The lowest BCUT2D eigenvalue weighted by Gasteiger charge is -2.21. The van der Waals surface area contributed by atoms with E-state index in [-0.39, 0.29) is 11.6 Å². The molecule has 0 aliphatic carbocycles. The molecule has 1 atom stereocenters. The van der Waals surface area contributed by atoms with Crippen LogP contribution in [-0.4, -0.2) is 32.3 Å². The summed E-state index contributed by atoms with van der Waals surface area (Å²) in [6.07, 6.45) is 0. The summed E-state index contributed by atoms with van der Waals surface area (Å²) >= 11 is 1.16. The Morgan fingerprint density at radius 2 is 1.78 bits per heavy atom. The average Bonchev–Trinajstić information content (AvgIpc) is 2.52. The van der Waals surface area contributed by atoms with E-state index < -0.39 is 22.7 Å². The molecule has 1 heterocycles. The zero-order valence-corrected chi connectivity index (χ0v) is 17.3. The minimum absolute atomic E-state index is 0.114. The monoisotopic (exact) mass is 390 g/mol. The zero-order valence-electron chi connectivity index (χ0n) is 16.5. The minimum atomic E-state index is -0.603. The Hall–Kier alpha value is -2.35. The Morgan fingerprint density at radius 1 is 1.15 bits per heavy atom. The maximum atomic E-state index is 12.8. The average molecular weight is 391 g/mol. The number of hydrogen-bond donors (Lipinski definition) is 2. The second-order valence-corrected chi connectivity index (χ2v) is 8.94. The van der Waals surface area contributed by atoms with Crippen LogP contribution in [0.5, 0.6) is 0 Å². The molecule has 1 aromatic heterocycles. The number of benzene rings is 1. The number of carbonyl (C=O) groups excluding carboxylic acids is 2. The van der Waals surface area contributed by atoms with Crippen LogP contribution >= 0.6 is 11.8 Å². The van der Waals surface area contributed by atoms with Crippen molar-refractivity contribution in [1.82, 2.24) is 20.2 Å². The number of thioether (sulfide) groups is 1. The van der Waals surface area contributed by atoms with Gasteiger partial charge in [-0.15, -0.1) is 0 Å². The van der Waals surface area contributed by atoms with Crippen LogP contribution in [0.2, 0.25) is 0 Å². The number of carbonyl (C=O) groups is 2.